The van der Waals surface area contributed by atoms with E-state index in [9.17, 15) is 4.79 Å². The number of hydrogen-bond donors (Lipinski definition) is 2. The Balaban J connectivity index is 1.63. The highest BCUT2D eigenvalue weighted by Crippen LogP contribution is 2.27. The van der Waals surface area contributed by atoms with Gasteiger partial charge in [-0.25, -0.2) is 0 Å². The number of amides is 1. The maximum atomic E-state index is 12.3. The van der Waals surface area contributed by atoms with Crippen LogP contribution in [0.3, 0.4) is 0 Å². The molecule has 0 aromatic heterocycles. The van der Waals surface area contributed by atoms with Crippen molar-refractivity contribution in [1.29, 1.82) is 0 Å². The molecule has 1 fully saturated rings. The van der Waals surface area contributed by atoms with Crippen molar-refractivity contribution in [2.75, 3.05) is 23.8 Å². The number of anilines is 3. The van der Waals surface area contributed by atoms with Crippen molar-refractivity contribution in [1.82, 2.24) is 0 Å². The Morgan fingerprint density at radius 2 is 1.64 bits per heavy atom. The lowest BCUT2D eigenvalue weighted by Crippen LogP contribution is -2.28. The molecule has 25 heavy (non-hydrogen) atoms. The van der Waals surface area contributed by atoms with Gasteiger partial charge in [0.15, 0.2) is 0 Å². The third-order valence-corrected chi connectivity index (χ3v) is 4.61. The van der Waals surface area contributed by atoms with Gasteiger partial charge >= 0.3 is 0 Å². The summed E-state index contributed by atoms with van der Waals surface area (Å²) in [6, 6.07) is 16.2. The molecule has 1 aliphatic heterocycles. The highest BCUT2D eigenvalue weighted by atomic mass is 16.5. The standard InChI is InChI=1S/C21H26N2O2/c1-15(2)19-5-3-4-6-20(19)22-17-7-9-18(10-8-17)23-21(24)16-11-13-25-14-12-16/h3-10,15-16,22H,11-14H2,1-2H3,(H,23,24). The number of rotatable bonds is 5. The molecule has 0 aliphatic carbocycles. The summed E-state index contributed by atoms with van der Waals surface area (Å²) in [5.74, 6) is 0.611. The summed E-state index contributed by atoms with van der Waals surface area (Å²) in [5.41, 5.74) is 4.26. The predicted molar refractivity (Wildman–Crippen MR) is 102 cm³/mol. The van der Waals surface area contributed by atoms with Crippen LogP contribution in [0, 0.1) is 5.92 Å². The molecule has 1 aliphatic rings. The smallest absolute Gasteiger partial charge is 0.227 e. The van der Waals surface area contributed by atoms with E-state index < -0.39 is 0 Å². The summed E-state index contributed by atoms with van der Waals surface area (Å²) < 4.78 is 5.31. The van der Waals surface area contributed by atoms with Crippen LogP contribution in [0.2, 0.25) is 0 Å². The molecule has 0 unspecified atom stereocenters. The van der Waals surface area contributed by atoms with Crippen LogP contribution in [0.1, 0.15) is 38.2 Å². The molecular formula is C21H26N2O2. The number of hydrogen-bond acceptors (Lipinski definition) is 3. The Kier molecular flexibility index (Phi) is 5.71. The topological polar surface area (TPSA) is 50.4 Å². The van der Waals surface area contributed by atoms with Gasteiger partial charge < -0.3 is 15.4 Å². The molecule has 2 aromatic carbocycles. The zero-order valence-electron chi connectivity index (χ0n) is 14.9. The third kappa shape index (κ3) is 4.60. The average molecular weight is 338 g/mol. The van der Waals surface area contributed by atoms with E-state index in [0.29, 0.717) is 19.1 Å². The quantitative estimate of drug-likeness (QED) is 0.813. The maximum absolute atomic E-state index is 12.3. The van der Waals surface area contributed by atoms with Crippen LogP contribution >= 0.6 is 0 Å². The molecule has 0 spiro atoms. The highest BCUT2D eigenvalue weighted by molar-refractivity contribution is 5.92. The minimum atomic E-state index is 0.0597. The monoisotopic (exact) mass is 338 g/mol. The van der Waals surface area contributed by atoms with Crippen molar-refractivity contribution in [2.45, 2.75) is 32.6 Å². The maximum Gasteiger partial charge on any atom is 0.227 e. The van der Waals surface area contributed by atoms with Crippen molar-refractivity contribution in [2.24, 2.45) is 5.92 Å². The second-order valence-corrected chi connectivity index (χ2v) is 6.82. The molecule has 4 heteroatoms. The Morgan fingerprint density at radius 3 is 2.32 bits per heavy atom. The van der Waals surface area contributed by atoms with E-state index in [0.717, 1.165) is 29.9 Å². The van der Waals surface area contributed by atoms with E-state index in [4.69, 9.17) is 4.74 Å². The van der Waals surface area contributed by atoms with Crippen LogP contribution < -0.4 is 10.6 Å². The van der Waals surface area contributed by atoms with Crippen LogP contribution in [0.25, 0.3) is 0 Å². The zero-order chi connectivity index (χ0) is 17.6. The van der Waals surface area contributed by atoms with Gasteiger partial charge in [0.2, 0.25) is 5.91 Å². The third-order valence-electron chi connectivity index (χ3n) is 4.61. The van der Waals surface area contributed by atoms with E-state index >= 15 is 0 Å². The summed E-state index contributed by atoms with van der Waals surface area (Å²) >= 11 is 0. The summed E-state index contributed by atoms with van der Waals surface area (Å²) in [6.45, 7) is 5.73. The van der Waals surface area contributed by atoms with E-state index in [1.54, 1.807) is 0 Å². The normalized spacial score (nSPS) is 15.2. The minimum absolute atomic E-state index is 0.0597. The van der Waals surface area contributed by atoms with E-state index in [2.05, 4.69) is 42.7 Å². The molecule has 4 nitrogen and oxygen atoms in total. The van der Waals surface area contributed by atoms with Crippen LogP contribution in [0.5, 0.6) is 0 Å². The van der Waals surface area contributed by atoms with Gasteiger partial charge in [0.05, 0.1) is 0 Å². The van der Waals surface area contributed by atoms with E-state index in [1.165, 1.54) is 5.56 Å². The largest absolute Gasteiger partial charge is 0.381 e. The number of nitrogens with one attached hydrogen (secondary N) is 2. The summed E-state index contributed by atoms with van der Waals surface area (Å²) in [7, 11) is 0. The summed E-state index contributed by atoms with van der Waals surface area (Å²) in [5, 5.41) is 6.48. The fourth-order valence-corrected chi connectivity index (χ4v) is 3.11. The molecule has 0 atom stereocenters. The molecule has 1 saturated heterocycles. The van der Waals surface area contributed by atoms with Crippen molar-refractivity contribution in [3.63, 3.8) is 0 Å². The van der Waals surface area contributed by atoms with E-state index in [1.807, 2.05) is 30.3 Å². The molecule has 1 amide bonds. The first-order chi connectivity index (χ1) is 12.1. The minimum Gasteiger partial charge on any atom is -0.381 e. The molecule has 0 radical (unpaired) electrons. The Hall–Kier alpha value is -2.33. The summed E-state index contributed by atoms with van der Waals surface area (Å²) in [4.78, 5) is 12.3. The van der Waals surface area contributed by atoms with Gasteiger partial charge in [-0.05, 0) is 54.7 Å². The Bertz CT molecular complexity index is 704. The van der Waals surface area contributed by atoms with Gasteiger partial charge in [0, 0.05) is 36.2 Å². The van der Waals surface area contributed by atoms with Crippen LogP contribution in [-0.2, 0) is 9.53 Å². The molecule has 0 bridgehead atoms. The lowest BCUT2D eigenvalue weighted by Gasteiger charge is -2.21. The lowest BCUT2D eigenvalue weighted by atomic mass is 9.99. The SMILES string of the molecule is CC(C)c1ccccc1Nc1ccc(NC(=O)C2CCOCC2)cc1. The fraction of sp³-hybridized carbons (Fsp3) is 0.381. The van der Waals surface area contributed by atoms with Gasteiger partial charge in [-0.3, -0.25) is 4.79 Å². The molecule has 132 valence electrons. The second-order valence-electron chi connectivity index (χ2n) is 6.82. The van der Waals surface area contributed by atoms with Gasteiger partial charge in [-0.2, -0.15) is 0 Å². The average Bonchev–Trinajstić information content (AvgIpc) is 2.64. The van der Waals surface area contributed by atoms with Crippen molar-refractivity contribution >= 4 is 23.0 Å². The van der Waals surface area contributed by atoms with Gasteiger partial charge in [-0.15, -0.1) is 0 Å². The first-order valence-electron chi connectivity index (χ1n) is 8.98. The van der Waals surface area contributed by atoms with Crippen LogP contribution in [-0.4, -0.2) is 19.1 Å². The predicted octanol–water partition coefficient (Wildman–Crippen LogP) is 4.92. The molecule has 1 heterocycles. The fourth-order valence-electron chi connectivity index (χ4n) is 3.11. The van der Waals surface area contributed by atoms with E-state index in [-0.39, 0.29) is 11.8 Å². The Labute approximate surface area is 149 Å². The first-order valence-corrected chi connectivity index (χ1v) is 8.98. The van der Waals surface area contributed by atoms with Crippen LogP contribution in [0.15, 0.2) is 48.5 Å². The Morgan fingerprint density at radius 1 is 1.00 bits per heavy atom. The molecule has 0 saturated carbocycles. The number of ether oxygens (including phenoxy) is 1. The number of carbonyl (C=O) groups is 1. The van der Waals surface area contributed by atoms with Gasteiger partial charge in [-0.1, -0.05) is 32.0 Å². The summed E-state index contributed by atoms with van der Waals surface area (Å²) in [6.07, 6.45) is 1.61. The highest BCUT2D eigenvalue weighted by Gasteiger charge is 2.21. The zero-order valence-corrected chi connectivity index (χ0v) is 14.9. The van der Waals surface area contributed by atoms with Crippen molar-refractivity contribution in [3.05, 3.63) is 54.1 Å². The molecule has 2 aromatic rings. The van der Waals surface area contributed by atoms with Crippen molar-refractivity contribution < 1.29 is 9.53 Å². The van der Waals surface area contributed by atoms with Crippen molar-refractivity contribution in [3.8, 4) is 0 Å². The molecule has 3 rings (SSSR count). The van der Waals surface area contributed by atoms with Crippen LogP contribution in [0.4, 0.5) is 17.1 Å². The van der Waals surface area contributed by atoms with Gasteiger partial charge in [0.25, 0.3) is 0 Å². The number of para-hydroxylation sites is 1. The first kappa shape index (κ1) is 17.5. The lowest BCUT2D eigenvalue weighted by molar-refractivity contribution is -0.122. The number of benzene rings is 2. The second kappa shape index (κ2) is 8.17. The molecular weight excluding hydrogens is 312 g/mol. The van der Waals surface area contributed by atoms with Gasteiger partial charge in [0.1, 0.15) is 0 Å². The molecule has 2 N–H and O–H groups in total. The number of carbonyl (C=O) groups excluding carboxylic acids is 1.